The molecule has 6 heteroatoms. The number of hydrogen-bond acceptors (Lipinski definition) is 4. The molecule has 2 heterocycles. The summed E-state index contributed by atoms with van der Waals surface area (Å²) < 4.78 is 1.92. The monoisotopic (exact) mass is 380 g/mol. The van der Waals surface area contributed by atoms with Crippen LogP contribution < -0.4 is 10.6 Å². The number of rotatable bonds is 7. The second-order valence-corrected chi connectivity index (χ2v) is 7.14. The molecule has 0 radical (unpaired) electrons. The highest BCUT2D eigenvalue weighted by Gasteiger charge is 2.15. The third-order valence-electron chi connectivity index (χ3n) is 4.90. The zero-order chi connectivity index (χ0) is 20.3. The van der Waals surface area contributed by atoms with Gasteiger partial charge in [0, 0.05) is 18.4 Å². The number of hydrogen-bond donors (Lipinski definition) is 3. The molecule has 3 aromatic rings. The van der Waals surface area contributed by atoms with Gasteiger partial charge in [0.1, 0.15) is 6.23 Å². The summed E-state index contributed by atoms with van der Waals surface area (Å²) in [6.07, 6.45) is 2.98. The fraction of sp³-hybridized carbons (Fsp3) is 0.364. The summed E-state index contributed by atoms with van der Waals surface area (Å²) in [5.41, 5.74) is 6.52. The second-order valence-electron chi connectivity index (χ2n) is 7.14. The topological polar surface area (TPSA) is 78.7 Å². The molecule has 1 aromatic carbocycles. The molecule has 6 nitrogen and oxygen atoms in total. The maximum Gasteiger partial charge on any atom is 0.254 e. The Balaban J connectivity index is 1.97. The van der Waals surface area contributed by atoms with Crippen molar-refractivity contribution in [3.63, 3.8) is 0 Å². The molecule has 0 aliphatic heterocycles. The molecule has 1 unspecified atom stereocenters. The zero-order valence-electron chi connectivity index (χ0n) is 16.9. The fourth-order valence-electron chi connectivity index (χ4n) is 3.33. The van der Waals surface area contributed by atoms with Crippen LogP contribution in [0.15, 0.2) is 36.5 Å². The Morgan fingerprint density at radius 2 is 1.96 bits per heavy atom. The maximum absolute atomic E-state index is 12.5. The van der Waals surface area contributed by atoms with Crippen molar-refractivity contribution >= 4 is 17.2 Å². The lowest BCUT2D eigenvalue weighted by Gasteiger charge is -2.14. The number of aliphatic hydroxyl groups is 1. The molecule has 0 saturated heterocycles. The van der Waals surface area contributed by atoms with Crippen LogP contribution in [0.25, 0.3) is 5.65 Å². The summed E-state index contributed by atoms with van der Waals surface area (Å²) in [6, 6.07) is 10.2. The first-order valence-corrected chi connectivity index (χ1v) is 9.69. The van der Waals surface area contributed by atoms with E-state index in [-0.39, 0.29) is 5.91 Å². The minimum atomic E-state index is -0.911. The average Bonchev–Trinajstić information content (AvgIpc) is 2.95. The number of carbonyl (C=O) groups excluding carboxylic acids is 1. The highest BCUT2D eigenvalue weighted by atomic mass is 16.3. The van der Waals surface area contributed by atoms with Crippen LogP contribution in [0.3, 0.4) is 0 Å². The zero-order valence-corrected chi connectivity index (χ0v) is 16.9. The van der Waals surface area contributed by atoms with Gasteiger partial charge < -0.3 is 20.1 Å². The molecular weight excluding hydrogens is 352 g/mol. The van der Waals surface area contributed by atoms with Gasteiger partial charge >= 0.3 is 0 Å². The molecule has 0 saturated carbocycles. The SMILES string of the molecule is CCCc1ccccc1CNc1cc(C(=O)NC(C)O)cn2c(C)c(C)nc12. The molecule has 0 bridgehead atoms. The van der Waals surface area contributed by atoms with Crippen LogP contribution in [0.5, 0.6) is 0 Å². The molecule has 3 rings (SSSR count). The Morgan fingerprint density at radius 3 is 2.64 bits per heavy atom. The van der Waals surface area contributed by atoms with Crippen LogP contribution in [-0.2, 0) is 13.0 Å². The van der Waals surface area contributed by atoms with Crippen LogP contribution in [0.1, 0.15) is 53.1 Å². The predicted octanol–water partition coefficient (Wildman–Crippen LogP) is 3.58. The van der Waals surface area contributed by atoms with Crippen LogP contribution >= 0.6 is 0 Å². The van der Waals surface area contributed by atoms with E-state index < -0.39 is 6.23 Å². The van der Waals surface area contributed by atoms with Crippen molar-refractivity contribution < 1.29 is 9.90 Å². The first kappa shape index (κ1) is 19.9. The van der Waals surface area contributed by atoms with Crippen LogP contribution in [0, 0.1) is 13.8 Å². The van der Waals surface area contributed by atoms with E-state index >= 15 is 0 Å². The van der Waals surface area contributed by atoms with E-state index in [9.17, 15) is 9.90 Å². The minimum absolute atomic E-state index is 0.322. The van der Waals surface area contributed by atoms with E-state index in [1.807, 2.05) is 24.3 Å². The molecule has 0 aliphatic rings. The average molecular weight is 380 g/mol. The number of aryl methyl sites for hydroxylation is 3. The Hall–Kier alpha value is -2.86. The van der Waals surface area contributed by atoms with E-state index in [4.69, 9.17) is 0 Å². The quantitative estimate of drug-likeness (QED) is 0.548. The van der Waals surface area contributed by atoms with E-state index in [1.54, 1.807) is 12.3 Å². The number of nitrogens with zero attached hydrogens (tertiary/aromatic N) is 2. The van der Waals surface area contributed by atoms with Gasteiger partial charge in [-0.15, -0.1) is 0 Å². The van der Waals surface area contributed by atoms with Gasteiger partial charge in [-0.2, -0.15) is 0 Å². The van der Waals surface area contributed by atoms with Gasteiger partial charge in [-0.3, -0.25) is 4.79 Å². The van der Waals surface area contributed by atoms with Gasteiger partial charge in [0.25, 0.3) is 5.91 Å². The number of amides is 1. The van der Waals surface area contributed by atoms with E-state index in [2.05, 4.69) is 40.7 Å². The van der Waals surface area contributed by atoms with Crippen molar-refractivity contribution in [2.24, 2.45) is 0 Å². The molecule has 0 spiro atoms. The second kappa shape index (κ2) is 8.44. The highest BCUT2D eigenvalue weighted by molar-refractivity contribution is 5.96. The summed E-state index contributed by atoms with van der Waals surface area (Å²) in [7, 11) is 0. The van der Waals surface area contributed by atoms with Crippen molar-refractivity contribution in [1.82, 2.24) is 14.7 Å². The number of imidazole rings is 1. The summed E-state index contributed by atoms with van der Waals surface area (Å²) in [5, 5.41) is 15.5. The fourth-order valence-corrected chi connectivity index (χ4v) is 3.33. The predicted molar refractivity (Wildman–Crippen MR) is 112 cm³/mol. The third-order valence-corrected chi connectivity index (χ3v) is 4.90. The maximum atomic E-state index is 12.5. The Kier molecular flexibility index (Phi) is 5.99. The summed E-state index contributed by atoms with van der Waals surface area (Å²) in [5.74, 6) is -0.322. The number of aromatic nitrogens is 2. The van der Waals surface area contributed by atoms with Gasteiger partial charge in [-0.05, 0) is 44.4 Å². The summed E-state index contributed by atoms with van der Waals surface area (Å²) in [6.45, 7) is 8.28. The molecule has 1 atom stereocenters. The molecule has 2 aromatic heterocycles. The van der Waals surface area contributed by atoms with Gasteiger partial charge in [0.15, 0.2) is 5.65 Å². The molecule has 0 aliphatic carbocycles. The Labute approximate surface area is 165 Å². The highest BCUT2D eigenvalue weighted by Crippen LogP contribution is 2.23. The Bertz CT molecular complexity index is 992. The number of anilines is 1. The number of fused-ring (bicyclic) bond motifs is 1. The van der Waals surface area contributed by atoms with E-state index in [0.717, 1.165) is 35.6 Å². The Morgan fingerprint density at radius 1 is 1.25 bits per heavy atom. The smallest absolute Gasteiger partial charge is 0.254 e. The molecule has 3 N–H and O–H groups in total. The number of aliphatic hydroxyl groups excluding tert-OH is 1. The van der Waals surface area contributed by atoms with Crippen LogP contribution in [0.2, 0.25) is 0 Å². The summed E-state index contributed by atoms with van der Waals surface area (Å²) >= 11 is 0. The number of nitrogens with one attached hydrogen (secondary N) is 2. The van der Waals surface area contributed by atoms with E-state index in [0.29, 0.717) is 12.1 Å². The third kappa shape index (κ3) is 4.17. The molecular formula is C22H28N4O2. The lowest BCUT2D eigenvalue weighted by Crippen LogP contribution is -2.32. The first-order chi connectivity index (χ1) is 13.4. The largest absolute Gasteiger partial charge is 0.378 e. The number of pyridine rings is 1. The van der Waals surface area contributed by atoms with Crippen molar-refractivity contribution in [3.8, 4) is 0 Å². The standard InChI is InChI=1S/C22H28N4O2/c1-5-8-17-9-6-7-10-18(17)12-23-20-11-19(22(28)25-16(4)27)13-26-15(3)14(2)24-21(20)26/h6-7,9-11,13,16,23,27H,5,8,12H2,1-4H3,(H,25,28). The molecule has 0 fully saturated rings. The van der Waals surface area contributed by atoms with Crippen LogP contribution in [-0.4, -0.2) is 26.6 Å². The van der Waals surface area contributed by atoms with Crippen molar-refractivity contribution in [2.75, 3.05) is 5.32 Å². The normalized spacial score (nSPS) is 12.2. The minimum Gasteiger partial charge on any atom is -0.378 e. The summed E-state index contributed by atoms with van der Waals surface area (Å²) in [4.78, 5) is 17.1. The molecule has 28 heavy (non-hydrogen) atoms. The van der Waals surface area contributed by atoms with Crippen LogP contribution in [0.4, 0.5) is 5.69 Å². The lowest BCUT2D eigenvalue weighted by atomic mass is 10.0. The van der Waals surface area contributed by atoms with Crippen molar-refractivity contribution in [3.05, 3.63) is 64.6 Å². The lowest BCUT2D eigenvalue weighted by molar-refractivity contribution is 0.0818. The van der Waals surface area contributed by atoms with Gasteiger partial charge in [-0.1, -0.05) is 37.6 Å². The molecule has 1 amide bonds. The first-order valence-electron chi connectivity index (χ1n) is 9.69. The van der Waals surface area contributed by atoms with Gasteiger partial charge in [-0.25, -0.2) is 4.98 Å². The van der Waals surface area contributed by atoms with Gasteiger partial charge in [0.2, 0.25) is 0 Å². The number of benzene rings is 1. The number of carbonyl (C=O) groups is 1. The van der Waals surface area contributed by atoms with Crippen molar-refractivity contribution in [1.29, 1.82) is 0 Å². The van der Waals surface area contributed by atoms with E-state index in [1.165, 1.54) is 18.1 Å². The molecule has 148 valence electrons. The van der Waals surface area contributed by atoms with Crippen molar-refractivity contribution in [2.45, 2.75) is 53.3 Å². The van der Waals surface area contributed by atoms with Gasteiger partial charge in [0.05, 0.1) is 16.9 Å².